The second-order valence-electron chi connectivity index (χ2n) is 5.03. The molecule has 0 radical (unpaired) electrons. The van der Waals surface area contributed by atoms with Crippen LogP contribution in [0.1, 0.15) is 52.4 Å². The monoisotopic (exact) mass is 224 g/mol. The highest BCUT2D eigenvalue weighted by molar-refractivity contribution is 5.68. The van der Waals surface area contributed by atoms with Crippen LogP contribution in [0.2, 0.25) is 0 Å². The number of hydrogen-bond donors (Lipinski definition) is 0. The first-order valence-corrected chi connectivity index (χ1v) is 6.36. The van der Waals surface area contributed by atoms with Crippen molar-refractivity contribution in [1.29, 1.82) is 0 Å². The highest BCUT2D eigenvalue weighted by Crippen LogP contribution is 2.31. The maximum atomic E-state index is 11.0. The average molecular weight is 224 g/mol. The van der Waals surface area contributed by atoms with E-state index < -0.39 is 0 Å². The number of esters is 1. The number of rotatable bonds is 5. The summed E-state index contributed by atoms with van der Waals surface area (Å²) in [6.07, 6.45) is 8.87. The molecule has 0 aromatic carbocycles. The second-order valence-corrected chi connectivity index (χ2v) is 5.03. The number of hydrogen-bond acceptors (Lipinski definition) is 2. The fourth-order valence-electron chi connectivity index (χ4n) is 2.41. The van der Waals surface area contributed by atoms with Crippen LogP contribution >= 0.6 is 0 Å². The normalized spacial score (nSPS) is 22.4. The van der Waals surface area contributed by atoms with E-state index in [2.05, 4.69) is 24.7 Å². The van der Waals surface area contributed by atoms with Gasteiger partial charge in [0.15, 0.2) is 0 Å². The Morgan fingerprint density at radius 3 is 2.94 bits per heavy atom. The summed E-state index contributed by atoms with van der Waals surface area (Å²) in [5, 5.41) is 0. The van der Waals surface area contributed by atoms with Crippen LogP contribution in [0.4, 0.5) is 0 Å². The average Bonchev–Trinajstić information content (AvgIpc) is 2.29. The van der Waals surface area contributed by atoms with Gasteiger partial charge in [0, 0.05) is 6.42 Å². The van der Waals surface area contributed by atoms with Crippen molar-refractivity contribution >= 4 is 5.97 Å². The molecule has 0 aromatic rings. The van der Waals surface area contributed by atoms with Gasteiger partial charge in [-0.3, -0.25) is 4.79 Å². The number of ether oxygens (including phenoxy) is 1. The van der Waals surface area contributed by atoms with Gasteiger partial charge >= 0.3 is 5.97 Å². The van der Waals surface area contributed by atoms with E-state index in [0.717, 1.165) is 24.7 Å². The molecule has 2 heteroatoms. The SMILES string of the molecule is COC(=O)CCCC(C)[C@@H]1CC=C(C)CC1. The van der Waals surface area contributed by atoms with Crippen LogP contribution in [0.25, 0.3) is 0 Å². The van der Waals surface area contributed by atoms with Crippen LogP contribution in [-0.4, -0.2) is 13.1 Å². The van der Waals surface area contributed by atoms with Gasteiger partial charge in [-0.25, -0.2) is 0 Å². The topological polar surface area (TPSA) is 26.3 Å². The molecule has 0 spiro atoms. The van der Waals surface area contributed by atoms with Gasteiger partial charge in [0.1, 0.15) is 0 Å². The summed E-state index contributed by atoms with van der Waals surface area (Å²) < 4.78 is 4.64. The number of carbonyl (C=O) groups is 1. The highest BCUT2D eigenvalue weighted by Gasteiger charge is 2.19. The predicted octanol–water partition coefficient (Wildman–Crippen LogP) is 3.71. The van der Waals surface area contributed by atoms with Gasteiger partial charge in [0.05, 0.1) is 7.11 Å². The van der Waals surface area contributed by atoms with E-state index in [9.17, 15) is 4.79 Å². The van der Waals surface area contributed by atoms with E-state index in [0.29, 0.717) is 6.42 Å². The Balaban J connectivity index is 2.20. The molecule has 1 aliphatic rings. The molecule has 0 N–H and O–H groups in total. The summed E-state index contributed by atoms with van der Waals surface area (Å²) in [4.78, 5) is 11.0. The van der Waals surface area contributed by atoms with Gasteiger partial charge in [-0.05, 0) is 50.9 Å². The van der Waals surface area contributed by atoms with Crippen molar-refractivity contribution in [1.82, 2.24) is 0 Å². The smallest absolute Gasteiger partial charge is 0.305 e. The van der Waals surface area contributed by atoms with Crippen LogP contribution in [0, 0.1) is 11.8 Å². The minimum Gasteiger partial charge on any atom is -0.469 e. The Hall–Kier alpha value is -0.790. The van der Waals surface area contributed by atoms with E-state index in [4.69, 9.17) is 0 Å². The third-order valence-electron chi connectivity index (χ3n) is 3.75. The van der Waals surface area contributed by atoms with Crippen molar-refractivity contribution in [3.63, 3.8) is 0 Å². The maximum absolute atomic E-state index is 11.0. The van der Waals surface area contributed by atoms with Crippen LogP contribution in [-0.2, 0) is 9.53 Å². The molecule has 0 saturated heterocycles. The fraction of sp³-hybridized carbons (Fsp3) is 0.786. The lowest BCUT2D eigenvalue weighted by atomic mass is 9.80. The summed E-state index contributed by atoms with van der Waals surface area (Å²) in [6.45, 7) is 4.54. The lowest BCUT2D eigenvalue weighted by molar-refractivity contribution is -0.140. The molecule has 2 atom stereocenters. The largest absolute Gasteiger partial charge is 0.469 e. The van der Waals surface area contributed by atoms with Crippen molar-refractivity contribution < 1.29 is 9.53 Å². The Bertz CT molecular complexity index is 255. The molecule has 1 unspecified atom stereocenters. The Kier molecular flexibility index (Phi) is 5.58. The first kappa shape index (κ1) is 13.3. The van der Waals surface area contributed by atoms with E-state index in [1.54, 1.807) is 0 Å². The molecule has 1 rings (SSSR count). The number of allylic oxidation sites excluding steroid dienone is 2. The molecule has 0 amide bonds. The van der Waals surface area contributed by atoms with Gasteiger partial charge in [0.2, 0.25) is 0 Å². The van der Waals surface area contributed by atoms with Crippen molar-refractivity contribution in [3.05, 3.63) is 11.6 Å². The molecule has 16 heavy (non-hydrogen) atoms. The molecule has 0 bridgehead atoms. The van der Waals surface area contributed by atoms with Gasteiger partial charge in [0.25, 0.3) is 0 Å². The zero-order chi connectivity index (χ0) is 12.0. The second kappa shape index (κ2) is 6.72. The lowest BCUT2D eigenvalue weighted by Gasteiger charge is -2.26. The summed E-state index contributed by atoms with van der Waals surface area (Å²) in [6, 6.07) is 0. The summed E-state index contributed by atoms with van der Waals surface area (Å²) in [5.41, 5.74) is 1.54. The standard InChI is InChI=1S/C14H24O2/c1-11-7-9-13(10-8-11)12(2)5-4-6-14(15)16-3/h7,12-13H,4-6,8-10H2,1-3H3/t12?,13-/m1/s1. The Morgan fingerprint density at radius 1 is 1.62 bits per heavy atom. The number of methoxy groups -OCH3 is 1. The maximum Gasteiger partial charge on any atom is 0.305 e. The number of carbonyl (C=O) groups excluding carboxylic acids is 1. The molecule has 0 aliphatic heterocycles. The predicted molar refractivity (Wildman–Crippen MR) is 66.1 cm³/mol. The first-order chi connectivity index (χ1) is 7.63. The molecule has 0 fully saturated rings. The van der Waals surface area contributed by atoms with Crippen LogP contribution < -0.4 is 0 Å². The van der Waals surface area contributed by atoms with Crippen LogP contribution in [0.3, 0.4) is 0 Å². The zero-order valence-electron chi connectivity index (χ0n) is 10.8. The lowest BCUT2D eigenvalue weighted by Crippen LogP contribution is -2.14. The minimum atomic E-state index is -0.0772. The van der Waals surface area contributed by atoms with Crippen molar-refractivity contribution in [3.8, 4) is 0 Å². The summed E-state index contributed by atoms with van der Waals surface area (Å²) in [7, 11) is 1.46. The zero-order valence-corrected chi connectivity index (χ0v) is 10.8. The van der Waals surface area contributed by atoms with Crippen LogP contribution in [0.5, 0.6) is 0 Å². The van der Waals surface area contributed by atoms with Gasteiger partial charge < -0.3 is 4.74 Å². The Morgan fingerprint density at radius 2 is 2.38 bits per heavy atom. The van der Waals surface area contributed by atoms with Gasteiger partial charge in [-0.2, -0.15) is 0 Å². The minimum absolute atomic E-state index is 0.0772. The van der Waals surface area contributed by atoms with Crippen molar-refractivity contribution in [2.45, 2.75) is 52.4 Å². The molecular formula is C14H24O2. The Labute approximate surface area is 99.1 Å². The van der Waals surface area contributed by atoms with E-state index in [1.807, 2.05) is 0 Å². The van der Waals surface area contributed by atoms with E-state index in [1.165, 1.54) is 31.9 Å². The van der Waals surface area contributed by atoms with E-state index in [-0.39, 0.29) is 5.97 Å². The van der Waals surface area contributed by atoms with Crippen molar-refractivity contribution in [2.75, 3.05) is 7.11 Å². The fourth-order valence-corrected chi connectivity index (χ4v) is 2.41. The molecule has 0 heterocycles. The summed E-state index contributed by atoms with van der Waals surface area (Å²) in [5.74, 6) is 1.47. The van der Waals surface area contributed by atoms with E-state index >= 15 is 0 Å². The molecule has 92 valence electrons. The third-order valence-corrected chi connectivity index (χ3v) is 3.75. The highest BCUT2D eigenvalue weighted by atomic mass is 16.5. The van der Waals surface area contributed by atoms with Gasteiger partial charge in [-0.1, -0.05) is 18.6 Å². The third kappa shape index (κ3) is 4.38. The molecule has 0 saturated carbocycles. The molecule has 0 aromatic heterocycles. The molecule has 1 aliphatic carbocycles. The summed E-state index contributed by atoms with van der Waals surface area (Å²) >= 11 is 0. The first-order valence-electron chi connectivity index (χ1n) is 6.36. The molecule has 2 nitrogen and oxygen atoms in total. The quantitative estimate of drug-likeness (QED) is 0.525. The van der Waals surface area contributed by atoms with Crippen molar-refractivity contribution in [2.24, 2.45) is 11.8 Å². The van der Waals surface area contributed by atoms with Gasteiger partial charge in [-0.15, -0.1) is 0 Å². The van der Waals surface area contributed by atoms with Crippen LogP contribution in [0.15, 0.2) is 11.6 Å². The molecular weight excluding hydrogens is 200 g/mol.